The summed E-state index contributed by atoms with van der Waals surface area (Å²) in [6.45, 7) is -0.275. The van der Waals surface area contributed by atoms with Crippen LogP contribution < -0.4 is 5.73 Å². The zero-order valence-corrected chi connectivity index (χ0v) is 18.2. The minimum atomic E-state index is -4.83. The third kappa shape index (κ3) is 3.35. The summed E-state index contributed by atoms with van der Waals surface area (Å²) < 4.78 is 61.0. The van der Waals surface area contributed by atoms with Gasteiger partial charge < -0.3 is 15.4 Å². The van der Waals surface area contributed by atoms with Crippen LogP contribution in [-0.2, 0) is 24.6 Å². The van der Waals surface area contributed by atoms with Crippen molar-refractivity contribution >= 4 is 33.5 Å². The Hall–Kier alpha value is -3.73. The number of carbonyl (C=O) groups excluding carboxylic acids is 1. The van der Waals surface area contributed by atoms with E-state index in [9.17, 15) is 22.4 Å². The van der Waals surface area contributed by atoms with E-state index in [-0.39, 0.29) is 24.3 Å². The van der Waals surface area contributed by atoms with E-state index in [1.165, 1.54) is 18.0 Å². The summed E-state index contributed by atoms with van der Waals surface area (Å²) in [7, 11) is 3.26. The number of nitrogen functional groups attached to an aromatic ring is 1. The number of alkyl halides is 3. The van der Waals surface area contributed by atoms with Crippen molar-refractivity contribution in [1.29, 1.82) is 0 Å². The van der Waals surface area contributed by atoms with Crippen LogP contribution in [-0.4, -0.2) is 39.2 Å². The number of hydrogen-bond acceptors (Lipinski definition) is 5. The van der Waals surface area contributed by atoms with Gasteiger partial charge in [0.2, 0.25) is 0 Å². The molecule has 0 spiro atoms. The molecule has 2 aromatic carbocycles. The number of likely N-dealkylation sites (N-methyl/N-ethyl adjacent to an activating group) is 1. The standard InChI is InChI=1S/C23H19F4N5O2/c1-31(18-10-34-9-15-12(18)4-5-16(19(15)24)23(25,26)27)22(33)11-3-6-17-13(7-11)20-14(21(28)30-17)8-29-32(20)2/h3-8,18H,9-10H2,1-2H3,(H2,28,30)/t18-/m1/s1. The Bertz CT molecular complexity index is 1460. The quantitative estimate of drug-likeness (QED) is 0.441. The third-order valence-electron chi connectivity index (χ3n) is 6.21. The van der Waals surface area contributed by atoms with Gasteiger partial charge in [0.25, 0.3) is 5.91 Å². The van der Waals surface area contributed by atoms with Gasteiger partial charge in [-0.05, 0) is 29.8 Å². The predicted octanol–water partition coefficient (Wildman–Crippen LogP) is 4.21. The van der Waals surface area contributed by atoms with Crippen molar-refractivity contribution in [3.05, 3.63) is 64.6 Å². The molecule has 34 heavy (non-hydrogen) atoms. The number of carbonyl (C=O) groups is 1. The van der Waals surface area contributed by atoms with Crippen LogP contribution in [0.2, 0.25) is 0 Å². The van der Waals surface area contributed by atoms with Gasteiger partial charge in [0.15, 0.2) is 0 Å². The summed E-state index contributed by atoms with van der Waals surface area (Å²) in [6.07, 6.45) is -3.23. The second-order valence-corrected chi connectivity index (χ2v) is 8.20. The molecule has 0 bridgehead atoms. The van der Waals surface area contributed by atoms with Gasteiger partial charge >= 0.3 is 6.18 Å². The second kappa shape index (κ2) is 7.66. The fraction of sp³-hybridized carbons (Fsp3) is 0.261. The highest BCUT2D eigenvalue weighted by Gasteiger charge is 2.38. The van der Waals surface area contributed by atoms with Crippen molar-refractivity contribution in [2.45, 2.75) is 18.8 Å². The first-order valence-electron chi connectivity index (χ1n) is 10.3. The number of benzene rings is 2. The molecule has 0 radical (unpaired) electrons. The zero-order chi connectivity index (χ0) is 24.4. The van der Waals surface area contributed by atoms with E-state index in [1.807, 2.05) is 0 Å². The van der Waals surface area contributed by atoms with Crippen LogP contribution in [0.5, 0.6) is 0 Å². The molecule has 7 nitrogen and oxygen atoms in total. The minimum Gasteiger partial charge on any atom is -0.383 e. The zero-order valence-electron chi connectivity index (χ0n) is 18.2. The van der Waals surface area contributed by atoms with Gasteiger partial charge in [-0.3, -0.25) is 9.48 Å². The van der Waals surface area contributed by atoms with Gasteiger partial charge in [0.1, 0.15) is 11.6 Å². The molecule has 2 aromatic heterocycles. The van der Waals surface area contributed by atoms with Gasteiger partial charge in [0, 0.05) is 30.6 Å². The third-order valence-corrected chi connectivity index (χ3v) is 6.21. The fourth-order valence-corrected chi connectivity index (χ4v) is 4.43. The molecule has 11 heteroatoms. The Morgan fingerprint density at radius 1 is 1.24 bits per heavy atom. The molecule has 0 saturated heterocycles. The molecule has 1 amide bonds. The van der Waals surface area contributed by atoms with E-state index in [2.05, 4.69) is 10.1 Å². The molecule has 1 aliphatic heterocycles. The first-order chi connectivity index (χ1) is 16.1. The van der Waals surface area contributed by atoms with Crippen molar-refractivity contribution in [2.24, 2.45) is 7.05 Å². The van der Waals surface area contributed by atoms with Crippen molar-refractivity contribution in [1.82, 2.24) is 19.7 Å². The fourth-order valence-electron chi connectivity index (χ4n) is 4.43. The minimum absolute atomic E-state index is 0.0255. The number of nitrogens with zero attached hydrogens (tertiary/aromatic N) is 4. The number of hydrogen-bond donors (Lipinski definition) is 1. The molecular weight excluding hydrogens is 454 g/mol. The molecule has 0 saturated carbocycles. The average molecular weight is 473 g/mol. The normalized spacial score (nSPS) is 16.1. The second-order valence-electron chi connectivity index (χ2n) is 8.20. The number of amides is 1. The number of aromatic nitrogens is 3. The van der Waals surface area contributed by atoms with E-state index in [0.29, 0.717) is 39.3 Å². The summed E-state index contributed by atoms with van der Waals surface area (Å²) >= 11 is 0. The van der Waals surface area contributed by atoms with E-state index in [0.717, 1.165) is 0 Å². The lowest BCUT2D eigenvalue weighted by Gasteiger charge is -2.34. The monoisotopic (exact) mass is 473 g/mol. The van der Waals surface area contributed by atoms with Crippen LogP contribution in [0, 0.1) is 5.82 Å². The number of ether oxygens (including phenoxy) is 1. The average Bonchev–Trinajstić information content (AvgIpc) is 3.19. The highest BCUT2D eigenvalue weighted by molar-refractivity contribution is 6.10. The van der Waals surface area contributed by atoms with Crippen molar-refractivity contribution < 1.29 is 27.1 Å². The molecule has 4 aromatic rings. The first kappa shape index (κ1) is 22.1. The topological polar surface area (TPSA) is 86.3 Å². The lowest BCUT2D eigenvalue weighted by Crippen LogP contribution is -2.37. The highest BCUT2D eigenvalue weighted by atomic mass is 19.4. The van der Waals surface area contributed by atoms with Crippen molar-refractivity contribution in [3.8, 4) is 0 Å². The summed E-state index contributed by atoms with van der Waals surface area (Å²) in [5, 5.41) is 5.54. The lowest BCUT2D eigenvalue weighted by molar-refractivity contribution is -0.140. The van der Waals surface area contributed by atoms with Crippen LogP contribution in [0.25, 0.3) is 21.8 Å². The summed E-state index contributed by atoms with van der Waals surface area (Å²) in [4.78, 5) is 19.1. The van der Waals surface area contributed by atoms with Gasteiger partial charge in [-0.1, -0.05) is 6.07 Å². The van der Waals surface area contributed by atoms with Gasteiger partial charge in [0.05, 0.1) is 47.4 Å². The van der Waals surface area contributed by atoms with Crippen LogP contribution in [0.1, 0.15) is 33.1 Å². The van der Waals surface area contributed by atoms with Crippen LogP contribution >= 0.6 is 0 Å². The number of fused-ring (bicyclic) bond motifs is 4. The molecular formula is C23H19F4N5O2. The van der Waals surface area contributed by atoms with E-state index in [4.69, 9.17) is 10.5 Å². The summed E-state index contributed by atoms with van der Waals surface area (Å²) in [6, 6.07) is 6.08. The van der Waals surface area contributed by atoms with E-state index in [1.54, 1.807) is 36.1 Å². The molecule has 3 heterocycles. The number of pyridine rings is 1. The number of aryl methyl sites for hydroxylation is 1. The lowest BCUT2D eigenvalue weighted by atomic mass is 9.94. The maximum Gasteiger partial charge on any atom is 0.419 e. The van der Waals surface area contributed by atoms with Gasteiger partial charge in [-0.2, -0.15) is 18.3 Å². The molecule has 0 aliphatic carbocycles. The molecule has 0 unspecified atom stereocenters. The smallest absolute Gasteiger partial charge is 0.383 e. The van der Waals surface area contributed by atoms with Crippen molar-refractivity contribution in [2.75, 3.05) is 19.4 Å². The maximum atomic E-state index is 14.6. The highest BCUT2D eigenvalue weighted by Crippen LogP contribution is 2.38. The van der Waals surface area contributed by atoms with Gasteiger partial charge in [-0.25, -0.2) is 9.37 Å². The van der Waals surface area contributed by atoms with Crippen molar-refractivity contribution in [3.63, 3.8) is 0 Å². The summed E-state index contributed by atoms with van der Waals surface area (Å²) in [5.41, 5.74) is 6.38. The Morgan fingerprint density at radius 2 is 2.00 bits per heavy atom. The Morgan fingerprint density at radius 3 is 2.74 bits per heavy atom. The molecule has 1 aliphatic rings. The number of nitrogens with two attached hydrogens (primary N) is 1. The molecule has 0 fully saturated rings. The maximum absolute atomic E-state index is 14.6. The van der Waals surface area contributed by atoms with Gasteiger partial charge in [-0.15, -0.1) is 0 Å². The molecule has 1 atom stereocenters. The van der Waals surface area contributed by atoms with E-state index >= 15 is 0 Å². The summed E-state index contributed by atoms with van der Waals surface area (Å²) in [5.74, 6) is -1.46. The molecule has 5 rings (SSSR count). The molecule has 2 N–H and O–H groups in total. The number of halogens is 4. The van der Waals surface area contributed by atoms with Crippen LogP contribution in [0.15, 0.2) is 36.5 Å². The van der Waals surface area contributed by atoms with Crippen LogP contribution in [0.4, 0.5) is 23.4 Å². The number of rotatable bonds is 2. The Kier molecular flexibility index (Phi) is 4.97. The first-order valence-corrected chi connectivity index (χ1v) is 10.3. The largest absolute Gasteiger partial charge is 0.419 e. The SMILES string of the molecule is CN(C(=O)c1ccc2nc(N)c3cnn(C)c3c2c1)[C@@H]1COCc2c1ccc(C(F)(F)F)c2F. The Balaban J connectivity index is 1.54. The number of anilines is 1. The predicted molar refractivity (Wildman–Crippen MR) is 116 cm³/mol. The van der Waals surface area contributed by atoms with Crippen LogP contribution in [0.3, 0.4) is 0 Å². The van der Waals surface area contributed by atoms with E-state index < -0.39 is 29.5 Å². The molecule has 176 valence electrons. The Labute approximate surface area is 190 Å².